The standard InChI is InChI=1S/C15H12N4/c1-4-12-6-5-7-13(8-12)17-15-14(9-16)10(2)11(3)18-19-15/h1,5-8H,2-3H3,(H,17,19). The molecule has 0 saturated carbocycles. The van der Waals surface area contributed by atoms with Gasteiger partial charge in [-0.15, -0.1) is 11.5 Å². The summed E-state index contributed by atoms with van der Waals surface area (Å²) in [4.78, 5) is 0. The summed E-state index contributed by atoms with van der Waals surface area (Å²) in [5.41, 5.74) is 3.62. The normalized spacial score (nSPS) is 9.47. The Hall–Kier alpha value is -2.85. The Kier molecular flexibility index (Phi) is 3.45. The summed E-state index contributed by atoms with van der Waals surface area (Å²) in [6.45, 7) is 3.68. The number of anilines is 2. The van der Waals surface area contributed by atoms with Crippen LogP contribution in [0.2, 0.25) is 0 Å². The second-order valence-electron chi connectivity index (χ2n) is 4.10. The first-order valence-corrected chi connectivity index (χ1v) is 5.73. The first-order chi connectivity index (χ1) is 9.15. The highest BCUT2D eigenvalue weighted by molar-refractivity contribution is 5.65. The zero-order valence-electron chi connectivity index (χ0n) is 10.7. The van der Waals surface area contributed by atoms with E-state index in [0.29, 0.717) is 11.4 Å². The molecule has 0 saturated heterocycles. The minimum atomic E-state index is 0.444. The van der Waals surface area contributed by atoms with E-state index in [1.807, 2.05) is 38.1 Å². The second kappa shape index (κ2) is 5.20. The summed E-state index contributed by atoms with van der Waals surface area (Å²) in [5.74, 6) is 3.01. The zero-order valence-corrected chi connectivity index (χ0v) is 10.7. The SMILES string of the molecule is C#Cc1cccc(Nc2nnc(C)c(C)c2C#N)c1. The Morgan fingerprint density at radius 2 is 2.05 bits per heavy atom. The van der Waals surface area contributed by atoms with E-state index in [4.69, 9.17) is 6.42 Å². The van der Waals surface area contributed by atoms with Gasteiger partial charge in [-0.05, 0) is 37.6 Å². The third-order valence-electron chi connectivity index (χ3n) is 2.86. The smallest absolute Gasteiger partial charge is 0.171 e. The number of rotatable bonds is 2. The van der Waals surface area contributed by atoms with Crippen molar-refractivity contribution in [3.05, 3.63) is 46.6 Å². The number of hydrogen-bond acceptors (Lipinski definition) is 4. The van der Waals surface area contributed by atoms with Crippen LogP contribution in [0.5, 0.6) is 0 Å². The van der Waals surface area contributed by atoms with Crippen LogP contribution in [0.1, 0.15) is 22.4 Å². The molecule has 4 heteroatoms. The largest absolute Gasteiger partial charge is 0.338 e. The lowest BCUT2D eigenvalue weighted by Crippen LogP contribution is -2.03. The third kappa shape index (κ3) is 2.53. The molecule has 0 spiro atoms. The fourth-order valence-electron chi connectivity index (χ4n) is 1.66. The van der Waals surface area contributed by atoms with Crippen molar-refractivity contribution in [1.29, 1.82) is 5.26 Å². The summed E-state index contributed by atoms with van der Waals surface area (Å²) in [5, 5.41) is 20.3. The van der Waals surface area contributed by atoms with Gasteiger partial charge in [0.2, 0.25) is 0 Å². The fourth-order valence-corrected chi connectivity index (χ4v) is 1.66. The summed E-state index contributed by atoms with van der Waals surface area (Å²) in [7, 11) is 0. The molecule has 0 fully saturated rings. The molecule has 1 heterocycles. The highest BCUT2D eigenvalue weighted by Gasteiger charge is 2.10. The number of nitrogens with one attached hydrogen (secondary N) is 1. The first-order valence-electron chi connectivity index (χ1n) is 5.73. The summed E-state index contributed by atoms with van der Waals surface area (Å²) < 4.78 is 0. The van der Waals surface area contributed by atoms with Gasteiger partial charge in [0.15, 0.2) is 5.82 Å². The average molecular weight is 248 g/mol. The van der Waals surface area contributed by atoms with Gasteiger partial charge in [0.1, 0.15) is 11.6 Å². The van der Waals surface area contributed by atoms with Crippen LogP contribution < -0.4 is 5.32 Å². The van der Waals surface area contributed by atoms with Crippen molar-refractivity contribution in [2.45, 2.75) is 13.8 Å². The van der Waals surface area contributed by atoms with Crippen LogP contribution in [-0.2, 0) is 0 Å². The van der Waals surface area contributed by atoms with Gasteiger partial charge in [0.25, 0.3) is 0 Å². The maximum absolute atomic E-state index is 9.21. The maximum atomic E-state index is 9.21. The molecule has 0 unspecified atom stereocenters. The lowest BCUT2D eigenvalue weighted by molar-refractivity contribution is 0.960. The molecule has 1 aromatic heterocycles. The molecule has 0 amide bonds. The molecular formula is C15H12N4. The molecule has 0 atom stereocenters. The van der Waals surface area contributed by atoms with Gasteiger partial charge in [0.05, 0.1) is 5.69 Å². The Bertz CT molecular complexity index is 705. The van der Waals surface area contributed by atoms with E-state index in [1.165, 1.54) is 0 Å². The molecule has 2 rings (SSSR count). The molecule has 92 valence electrons. The van der Waals surface area contributed by atoms with E-state index >= 15 is 0 Å². The monoisotopic (exact) mass is 248 g/mol. The van der Waals surface area contributed by atoms with E-state index in [-0.39, 0.29) is 0 Å². The number of nitrogens with zero attached hydrogens (tertiary/aromatic N) is 3. The van der Waals surface area contributed by atoms with Gasteiger partial charge in [0, 0.05) is 11.3 Å². The van der Waals surface area contributed by atoms with Crippen LogP contribution in [0.3, 0.4) is 0 Å². The van der Waals surface area contributed by atoms with Crippen LogP contribution >= 0.6 is 0 Å². The predicted molar refractivity (Wildman–Crippen MR) is 73.9 cm³/mol. The predicted octanol–water partition coefficient (Wildman–Crippen LogP) is 2.69. The lowest BCUT2D eigenvalue weighted by atomic mass is 10.1. The summed E-state index contributed by atoms with van der Waals surface area (Å²) >= 11 is 0. The van der Waals surface area contributed by atoms with E-state index in [1.54, 1.807) is 0 Å². The van der Waals surface area contributed by atoms with Gasteiger partial charge in [-0.3, -0.25) is 0 Å². The molecule has 1 N–H and O–H groups in total. The van der Waals surface area contributed by atoms with E-state index in [0.717, 1.165) is 22.5 Å². The Morgan fingerprint density at radius 3 is 2.74 bits per heavy atom. The zero-order chi connectivity index (χ0) is 13.8. The number of terminal acetylenes is 1. The first kappa shape index (κ1) is 12.6. The number of aryl methyl sites for hydroxylation is 1. The molecular weight excluding hydrogens is 236 g/mol. The number of hydrogen-bond donors (Lipinski definition) is 1. The number of nitriles is 1. The molecule has 0 radical (unpaired) electrons. The molecule has 1 aromatic carbocycles. The van der Waals surface area contributed by atoms with Crippen LogP contribution in [0.15, 0.2) is 24.3 Å². The van der Waals surface area contributed by atoms with Crippen LogP contribution in [0, 0.1) is 37.5 Å². The van der Waals surface area contributed by atoms with E-state index in [9.17, 15) is 5.26 Å². The fraction of sp³-hybridized carbons (Fsp3) is 0.133. The van der Waals surface area contributed by atoms with Gasteiger partial charge in [-0.25, -0.2) is 0 Å². The minimum Gasteiger partial charge on any atom is -0.338 e. The van der Waals surface area contributed by atoms with Gasteiger partial charge in [-0.2, -0.15) is 10.4 Å². The van der Waals surface area contributed by atoms with Crippen molar-refractivity contribution in [3.8, 4) is 18.4 Å². The van der Waals surface area contributed by atoms with Crippen molar-refractivity contribution < 1.29 is 0 Å². The van der Waals surface area contributed by atoms with Gasteiger partial charge in [-0.1, -0.05) is 12.0 Å². The van der Waals surface area contributed by atoms with E-state index in [2.05, 4.69) is 27.5 Å². The van der Waals surface area contributed by atoms with E-state index < -0.39 is 0 Å². The van der Waals surface area contributed by atoms with Crippen LogP contribution in [0.25, 0.3) is 0 Å². The average Bonchev–Trinajstić information content (AvgIpc) is 2.43. The van der Waals surface area contributed by atoms with Crippen LogP contribution in [-0.4, -0.2) is 10.2 Å². The third-order valence-corrected chi connectivity index (χ3v) is 2.86. The Balaban J connectivity index is 2.42. The number of benzene rings is 1. The molecule has 4 nitrogen and oxygen atoms in total. The summed E-state index contributed by atoms with van der Waals surface area (Å²) in [6, 6.07) is 9.51. The van der Waals surface area contributed by atoms with Crippen molar-refractivity contribution in [2.75, 3.05) is 5.32 Å². The molecule has 0 aliphatic rings. The molecule has 0 aliphatic heterocycles. The maximum Gasteiger partial charge on any atom is 0.171 e. The molecule has 0 bridgehead atoms. The van der Waals surface area contributed by atoms with Crippen LogP contribution in [0.4, 0.5) is 11.5 Å². The lowest BCUT2D eigenvalue weighted by Gasteiger charge is -2.09. The second-order valence-corrected chi connectivity index (χ2v) is 4.10. The molecule has 2 aromatic rings. The summed E-state index contributed by atoms with van der Waals surface area (Å²) in [6.07, 6.45) is 5.35. The minimum absolute atomic E-state index is 0.444. The molecule has 0 aliphatic carbocycles. The van der Waals surface area contributed by atoms with Gasteiger partial charge < -0.3 is 5.32 Å². The Labute approximate surface area is 112 Å². The van der Waals surface area contributed by atoms with Gasteiger partial charge >= 0.3 is 0 Å². The molecule has 19 heavy (non-hydrogen) atoms. The van der Waals surface area contributed by atoms with Crippen molar-refractivity contribution >= 4 is 11.5 Å². The van der Waals surface area contributed by atoms with Crippen molar-refractivity contribution in [2.24, 2.45) is 0 Å². The quantitative estimate of drug-likeness (QED) is 0.830. The number of aromatic nitrogens is 2. The van der Waals surface area contributed by atoms with Crippen molar-refractivity contribution in [1.82, 2.24) is 10.2 Å². The van der Waals surface area contributed by atoms with Crippen molar-refractivity contribution in [3.63, 3.8) is 0 Å². The highest BCUT2D eigenvalue weighted by Crippen LogP contribution is 2.21. The topological polar surface area (TPSA) is 61.6 Å². The Morgan fingerprint density at radius 1 is 1.26 bits per heavy atom. The highest BCUT2D eigenvalue weighted by atomic mass is 15.2.